The van der Waals surface area contributed by atoms with Crippen LogP contribution in [-0.2, 0) is 0 Å². The molecular weight excluding hydrogens is 186 g/mol. The van der Waals surface area contributed by atoms with Crippen LogP contribution in [0.5, 0.6) is 0 Å². The van der Waals surface area contributed by atoms with Gasteiger partial charge < -0.3 is 10.4 Å². The Kier molecular flexibility index (Phi) is 6.05. The van der Waals surface area contributed by atoms with Gasteiger partial charge in [0.25, 0.3) is 0 Å². The van der Waals surface area contributed by atoms with Crippen molar-refractivity contribution in [3.05, 3.63) is 35.9 Å². The van der Waals surface area contributed by atoms with E-state index in [0.717, 1.165) is 12.1 Å². The Bertz CT molecular complexity index is 248. The number of hydrogen-bond acceptors (Lipinski definition) is 2. The summed E-state index contributed by atoms with van der Waals surface area (Å²) in [7, 11) is 0. The molecule has 0 aliphatic rings. The molecule has 0 spiro atoms. The van der Waals surface area contributed by atoms with Crippen LogP contribution in [0, 0.1) is 0 Å². The molecule has 2 heteroatoms. The topological polar surface area (TPSA) is 32.3 Å². The van der Waals surface area contributed by atoms with Crippen LogP contribution in [0.3, 0.4) is 0 Å². The van der Waals surface area contributed by atoms with Gasteiger partial charge in [-0.15, -0.1) is 0 Å². The second-order valence-corrected chi connectivity index (χ2v) is 3.81. The van der Waals surface area contributed by atoms with Crippen LogP contribution in [0.25, 0.3) is 0 Å². The van der Waals surface area contributed by atoms with Crippen LogP contribution in [0.4, 0.5) is 0 Å². The van der Waals surface area contributed by atoms with Gasteiger partial charge in [-0.2, -0.15) is 0 Å². The summed E-state index contributed by atoms with van der Waals surface area (Å²) >= 11 is 0. The minimum absolute atomic E-state index is 0.0862. The van der Waals surface area contributed by atoms with E-state index in [4.69, 9.17) is 0 Å². The highest BCUT2D eigenvalue weighted by Gasteiger charge is 2.07. The third-order valence-corrected chi connectivity index (χ3v) is 2.56. The van der Waals surface area contributed by atoms with E-state index in [1.807, 2.05) is 30.3 Å². The average molecular weight is 207 g/mol. The summed E-state index contributed by atoms with van der Waals surface area (Å²) in [5.74, 6) is 0. The van der Waals surface area contributed by atoms with Gasteiger partial charge in [-0.05, 0) is 18.5 Å². The summed E-state index contributed by atoms with van der Waals surface area (Å²) < 4.78 is 0. The fourth-order valence-electron chi connectivity index (χ4n) is 1.62. The van der Waals surface area contributed by atoms with Crippen LogP contribution in [-0.4, -0.2) is 18.3 Å². The molecule has 2 N–H and O–H groups in total. The first-order chi connectivity index (χ1) is 7.38. The monoisotopic (exact) mass is 207 g/mol. The molecule has 84 valence electrons. The third kappa shape index (κ3) is 4.45. The molecule has 1 rings (SSSR count). The summed E-state index contributed by atoms with van der Waals surface area (Å²) in [6.07, 6.45) is 3.66. The molecule has 0 saturated heterocycles. The Labute approximate surface area is 92.3 Å². The fourth-order valence-corrected chi connectivity index (χ4v) is 1.62. The Morgan fingerprint density at radius 3 is 2.53 bits per heavy atom. The molecular formula is C13H21NO. The molecule has 0 aliphatic heterocycles. The first-order valence-electron chi connectivity index (χ1n) is 5.77. The van der Waals surface area contributed by atoms with E-state index >= 15 is 0 Å². The van der Waals surface area contributed by atoms with Crippen molar-refractivity contribution in [1.82, 2.24) is 5.32 Å². The molecule has 1 aromatic carbocycles. The molecule has 0 amide bonds. The van der Waals surface area contributed by atoms with E-state index in [1.165, 1.54) is 19.3 Å². The van der Waals surface area contributed by atoms with E-state index in [1.54, 1.807) is 0 Å². The Morgan fingerprint density at radius 1 is 1.20 bits per heavy atom. The van der Waals surface area contributed by atoms with Crippen molar-refractivity contribution in [1.29, 1.82) is 0 Å². The summed E-state index contributed by atoms with van der Waals surface area (Å²) in [6, 6.07) is 10.2. The second kappa shape index (κ2) is 7.43. The molecule has 0 bridgehead atoms. The Balaban J connectivity index is 2.36. The quantitative estimate of drug-likeness (QED) is 0.673. The van der Waals surface area contributed by atoms with Gasteiger partial charge in [0.2, 0.25) is 0 Å². The molecule has 0 heterocycles. The maximum atomic E-state index is 9.27. The lowest BCUT2D eigenvalue weighted by Crippen LogP contribution is -2.25. The van der Waals surface area contributed by atoms with Crippen LogP contribution < -0.4 is 5.32 Å². The number of benzene rings is 1. The third-order valence-electron chi connectivity index (χ3n) is 2.56. The van der Waals surface area contributed by atoms with Crippen molar-refractivity contribution in [3.8, 4) is 0 Å². The van der Waals surface area contributed by atoms with Crippen molar-refractivity contribution in [2.24, 2.45) is 0 Å². The normalized spacial score (nSPS) is 12.7. The molecule has 0 aromatic heterocycles. The zero-order chi connectivity index (χ0) is 10.9. The fraction of sp³-hybridized carbons (Fsp3) is 0.538. The van der Waals surface area contributed by atoms with Crippen LogP contribution in [0.15, 0.2) is 30.3 Å². The van der Waals surface area contributed by atoms with Gasteiger partial charge >= 0.3 is 0 Å². The van der Waals surface area contributed by atoms with Crippen molar-refractivity contribution >= 4 is 0 Å². The van der Waals surface area contributed by atoms with Crippen LogP contribution in [0.2, 0.25) is 0 Å². The zero-order valence-corrected chi connectivity index (χ0v) is 9.45. The van der Waals surface area contributed by atoms with E-state index in [0.29, 0.717) is 0 Å². The van der Waals surface area contributed by atoms with Crippen molar-refractivity contribution in [2.45, 2.75) is 32.2 Å². The van der Waals surface area contributed by atoms with Gasteiger partial charge in [-0.3, -0.25) is 0 Å². The van der Waals surface area contributed by atoms with Crippen LogP contribution >= 0.6 is 0 Å². The first kappa shape index (κ1) is 12.2. The molecule has 0 saturated carbocycles. The zero-order valence-electron chi connectivity index (χ0n) is 9.45. The summed E-state index contributed by atoms with van der Waals surface area (Å²) in [5.41, 5.74) is 1.16. The van der Waals surface area contributed by atoms with Crippen LogP contribution in [0.1, 0.15) is 37.8 Å². The number of rotatable bonds is 7. The van der Waals surface area contributed by atoms with E-state index in [2.05, 4.69) is 12.2 Å². The van der Waals surface area contributed by atoms with Gasteiger partial charge in [0.1, 0.15) is 0 Å². The highest BCUT2D eigenvalue weighted by atomic mass is 16.3. The summed E-state index contributed by atoms with van der Waals surface area (Å²) in [5, 5.41) is 12.6. The minimum atomic E-state index is 0.0862. The summed E-state index contributed by atoms with van der Waals surface area (Å²) in [6.45, 7) is 3.34. The maximum Gasteiger partial charge on any atom is 0.0626 e. The number of aliphatic hydroxyl groups excluding tert-OH is 1. The standard InChI is InChI=1S/C13H21NO/c1-2-3-7-10-14-13(11-15)12-8-5-4-6-9-12/h4-6,8-9,13-15H,2-3,7,10-11H2,1H3/t13-/m1/s1. The number of aliphatic hydroxyl groups is 1. The lowest BCUT2D eigenvalue weighted by molar-refractivity contribution is 0.244. The van der Waals surface area contributed by atoms with Crippen molar-refractivity contribution in [2.75, 3.05) is 13.2 Å². The lowest BCUT2D eigenvalue weighted by atomic mass is 10.1. The van der Waals surface area contributed by atoms with E-state index in [9.17, 15) is 5.11 Å². The largest absolute Gasteiger partial charge is 0.394 e. The number of hydrogen-bond donors (Lipinski definition) is 2. The van der Waals surface area contributed by atoms with Crippen molar-refractivity contribution < 1.29 is 5.11 Å². The second-order valence-electron chi connectivity index (χ2n) is 3.81. The molecule has 1 aromatic rings. The van der Waals surface area contributed by atoms with E-state index in [-0.39, 0.29) is 12.6 Å². The molecule has 0 unspecified atom stereocenters. The van der Waals surface area contributed by atoms with Gasteiger partial charge in [0, 0.05) is 0 Å². The number of unbranched alkanes of at least 4 members (excludes halogenated alkanes) is 2. The predicted molar refractivity (Wildman–Crippen MR) is 63.8 cm³/mol. The molecule has 15 heavy (non-hydrogen) atoms. The Hall–Kier alpha value is -0.860. The molecule has 0 aliphatic carbocycles. The average Bonchev–Trinajstić information content (AvgIpc) is 2.30. The van der Waals surface area contributed by atoms with Gasteiger partial charge in [0.05, 0.1) is 12.6 Å². The maximum absolute atomic E-state index is 9.27. The smallest absolute Gasteiger partial charge is 0.0626 e. The molecule has 1 atom stereocenters. The molecule has 0 radical (unpaired) electrons. The van der Waals surface area contributed by atoms with Gasteiger partial charge in [-0.25, -0.2) is 0 Å². The predicted octanol–water partition coefficient (Wildman–Crippen LogP) is 2.50. The Morgan fingerprint density at radius 2 is 1.93 bits per heavy atom. The van der Waals surface area contributed by atoms with Gasteiger partial charge in [-0.1, -0.05) is 50.1 Å². The lowest BCUT2D eigenvalue weighted by Gasteiger charge is -2.16. The minimum Gasteiger partial charge on any atom is -0.394 e. The molecule has 2 nitrogen and oxygen atoms in total. The highest BCUT2D eigenvalue weighted by Crippen LogP contribution is 2.11. The van der Waals surface area contributed by atoms with Crippen molar-refractivity contribution in [3.63, 3.8) is 0 Å². The molecule has 0 fully saturated rings. The van der Waals surface area contributed by atoms with Gasteiger partial charge in [0.15, 0.2) is 0 Å². The summed E-state index contributed by atoms with van der Waals surface area (Å²) in [4.78, 5) is 0. The SMILES string of the molecule is CCCCCN[C@H](CO)c1ccccc1. The number of nitrogens with one attached hydrogen (secondary N) is 1. The first-order valence-corrected chi connectivity index (χ1v) is 5.77. The highest BCUT2D eigenvalue weighted by molar-refractivity contribution is 5.18. The van der Waals surface area contributed by atoms with E-state index < -0.39 is 0 Å².